The summed E-state index contributed by atoms with van der Waals surface area (Å²) in [5, 5.41) is 8.90. The van der Waals surface area contributed by atoms with E-state index < -0.39 is 5.91 Å². The molecule has 0 bridgehead atoms. The minimum absolute atomic E-state index is 0.180. The van der Waals surface area contributed by atoms with Crippen LogP contribution in [0.15, 0.2) is 29.3 Å². The van der Waals surface area contributed by atoms with E-state index in [4.69, 9.17) is 5.21 Å². The monoisotopic (exact) mass is 219 g/mol. The number of hydrogen-bond acceptors (Lipinski definition) is 4. The SMILES string of the molecule is Cn1cnc2cc(C(=O)NO)ccc2c1=O. The first kappa shape index (κ1) is 10.3. The summed E-state index contributed by atoms with van der Waals surface area (Å²) >= 11 is 0. The van der Waals surface area contributed by atoms with Crippen molar-refractivity contribution in [3.63, 3.8) is 0 Å². The van der Waals surface area contributed by atoms with Crippen molar-refractivity contribution in [3.8, 4) is 0 Å². The van der Waals surface area contributed by atoms with Crippen LogP contribution < -0.4 is 11.0 Å². The summed E-state index contributed by atoms with van der Waals surface area (Å²) in [6, 6.07) is 4.41. The summed E-state index contributed by atoms with van der Waals surface area (Å²) in [7, 11) is 1.60. The lowest BCUT2D eigenvalue weighted by atomic mass is 10.1. The second-order valence-electron chi connectivity index (χ2n) is 3.33. The lowest BCUT2D eigenvalue weighted by molar-refractivity contribution is 0.0706. The van der Waals surface area contributed by atoms with E-state index in [0.717, 1.165) is 0 Å². The van der Waals surface area contributed by atoms with Crippen LogP contribution in [-0.4, -0.2) is 20.7 Å². The van der Waals surface area contributed by atoms with Crippen molar-refractivity contribution in [2.45, 2.75) is 0 Å². The first-order valence-electron chi connectivity index (χ1n) is 4.53. The van der Waals surface area contributed by atoms with E-state index in [9.17, 15) is 9.59 Å². The quantitative estimate of drug-likeness (QED) is 0.524. The molecule has 0 atom stereocenters. The predicted octanol–water partition coefficient (Wildman–Crippen LogP) is 0.0525. The first-order valence-corrected chi connectivity index (χ1v) is 4.53. The zero-order valence-electron chi connectivity index (χ0n) is 8.47. The average molecular weight is 219 g/mol. The molecule has 0 aliphatic heterocycles. The van der Waals surface area contributed by atoms with Crippen LogP contribution in [0.25, 0.3) is 10.9 Å². The Morgan fingerprint density at radius 1 is 1.50 bits per heavy atom. The molecule has 82 valence electrons. The highest BCUT2D eigenvalue weighted by Crippen LogP contribution is 2.09. The van der Waals surface area contributed by atoms with E-state index >= 15 is 0 Å². The van der Waals surface area contributed by atoms with Crippen LogP contribution in [-0.2, 0) is 7.05 Å². The van der Waals surface area contributed by atoms with Crippen LogP contribution >= 0.6 is 0 Å². The third-order valence-corrected chi connectivity index (χ3v) is 2.28. The maximum absolute atomic E-state index is 11.7. The Morgan fingerprint density at radius 2 is 2.25 bits per heavy atom. The zero-order valence-corrected chi connectivity index (χ0v) is 8.47. The fourth-order valence-corrected chi connectivity index (χ4v) is 1.42. The molecular formula is C10H9N3O3. The Bertz CT molecular complexity index is 618. The largest absolute Gasteiger partial charge is 0.302 e. The minimum Gasteiger partial charge on any atom is -0.302 e. The fraction of sp³-hybridized carbons (Fsp3) is 0.100. The number of nitrogens with zero attached hydrogens (tertiary/aromatic N) is 2. The van der Waals surface area contributed by atoms with E-state index in [2.05, 4.69) is 4.98 Å². The molecule has 0 saturated carbocycles. The van der Waals surface area contributed by atoms with Gasteiger partial charge in [0.2, 0.25) is 0 Å². The Hall–Kier alpha value is -2.21. The molecule has 0 aliphatic rings. The summed E-state index contributed by atoms with van der Waals surface area (Å²) in [6.45, 7) is 0. The van der Waals surface area contributed by atoms with Crippen molar-refractivity contribution in [2.75, 3.05) is 0 Å². The van der Waals surface area contributed by atoms with Crippen molar-refractivity contribution in [2.24, 2.45) is 7.05 Å². The standard InChI is InChI=1S/C10H9N3O3/c1-13-5-11-8-4-6(9(14)12-16)2-3-7(8)10(13)15/h2-5,16H,1H3,(H,12,14). The molecule has 2 rings (SSSR count). The minimum atomic E-state index is -0.635. The van der Waals surface area contributed by atoms with Crippen LogP contribution in [0.1, 0.15) is 10.4 Å². The Kier molecular flexibility index (Phi) is 2.41. The van der Waals surface area contributed by atoms with Gasteiger partial charge in [-0.2, -0.15) is 0 Å². The van der Waals surface area contributed by atoms with E-state index in [1.54, 1.807) is 7.05 Å². The van der Waals surface area contributed by atoms with Gasteiger partial charge in [0.1, 0.15) is 0 Å². The summed E-state index contributed by atoms with van der Waals surface area (Å²) in [6.07, 6.45) is 1.38. The molecule has 1 aromatic heterocycles. The predicted molar refractivity (Wildman–Crippen MR) is 56.2 cm³/mol. The molecule has 0 aliphatic carbocycles. The molecule has 2 N–H and O–H groups in total. The van der Waals surface area contributed by atoms with Crippen molar-refractivity contribution >= 4 is 16.8 Å². The van der Waals surface area contributed by atoms with Crippen LogP contribution in [0.3, 0.4) is 0 Å². The van der Waals surface area contributed by atoms with E-state index in [1.807, 2.05) is 0 Å². The molecule has 0 saturated heterocycles. The molecule has 2 aromatic rings. The molecule has 0 unspecified atom stereocenters. The molecule has 0 radical (unpaired) electrons. The lowest BCUT2D eigenvalue weighted by Crippen LogP contribution is -2.20. The fourth-order valence-electron chi connectivity index (χ4n) is 1.42. The number of benzene rings is 1. The highest BCUT2D eigenvalue weighted by Gasteiger charge is 2.07. The number of aryl methyl sites for hydroxylation is 1. The van der Waals surface area contributed by atoms with Gasteiger partial charge in [-0.1, -0.05) is 0 Å². The normalized spacial score (nSPS) is 10.4. The lowest BCUT2D eigenvalue weighted by Gasteiger charge is -2.02. The second-order valence-corrected chi connectivity index (χ2v) is 3.33. The van der Waals surface area contributed by atoms with Gasteiger partial charge in [-0.05, 0) is 18.2 Å². The topological polar surface area (TPSA) is 84.2 Å². The number of fused-ring (bicyclic) bond motifs is 1. The van der Waals surface area contributed by atoms with Gasteiger partial charge in [0.05, 0.1) is 17.2 Å². The molecule has 0 spiro atoms. The number of aromatic nitrogens is 2. The molecule has 16 heavy (non-hydrogen) atoms. The number of hydrogen-bond donors (Lipinski definition) is 2. The van der Waals surface area contributed by atoms with Crippen molar-refractivity contribution in [3.05, 3.63) is 40.4 Å². The molecule has 1 amide bonds. The van der Waals surface area contributed by atoms with Gasteiger partial charge >= 0.3 is 0 Å². The summed E-state index contributed by atoms with van der Waals surface area (Å²) in [5.41, 5.74) is 2.01. The van der Waals surface area contributed by atoms with Gasteiger partial charge in [0.15, 0.2) is 0 Å². The Balaban J connectivity index is 2.70. The molecular weight excluding hydrogens is 210 g/mol. The number of hydroxylamine groups is 1. The highest BCUT2D eigenvalue weighted by atomic mass is 16.5. The molecule has 6 nitrogen and oxygen atoms in total. The Morgan fingerprint density at radius 3 is 2.94 bits per heavy atom. The highest BCUT2D eigenvalue weighted by molar-refractivity contribution is 5.96. The zero-order chi connectivity index (χ0) is 11.7. The van der Waals surface area contributed by atoms with Gasteiger partial charge in [0.25, 0.3) is 11.5 Å². The van der Waals surface area contributed by atoms with Crippen molar-refractivity contribution in [1.82, 2.24) is 15.0 Å². The number of nitrogens with one attached hydrogen (secondary N) is 1. The molecule has 1 heterocycles. The smallest absolute Gasteiger partial charge is 0.274 e. The maximum atomic E-state index is 11.7. The molecule has 1 aromatic carbocycles. The third kappa shape index (κ3) is 1.55. The number of carbonyl (C=O) groups excluding carboxylic acids is 1. The molecule has 6 heteroatoms. The molecule has 0 fully saturated rings. The van der Waals surface area contributed by atoms with Gasteiger partial charge in [0, 0.05) is 12.6 Å². The van der Waals surface area contributed by atoms with Gasteiger partial charge < -0.3 is 4.57 Å². The van der Waals surface area contributed by atoms with Crippen LogP contribution in [0.4, 0.5) is 0 Å². The Labute approximate surface area is 90.1 Å². The van der Waals surface area contributed by atoms with Gasteiger partial charge in [-0.3, -0.25) is 14.8 Å². The number of carbonyl (C=O) groups is 1. The van der Waals surface area contributed by atoms with Crippen LogP contribution in [0.5, 0.6) is 0 Å². The summed E-state index contributed by atoms with van der Waals surface area (Å²) in [4.78, 5) is 26.8. The van der Waals surface area contributed by atoms with Gasteiger partial charge in [-0.15, -0.1) is 0 Å². The number of rotatable bonds is 1. The number of amides is 1. The summed E-state index contributed by atoms with van der Waals surface area (Å²) in [5.74, 6) is -0.635. The third-order valence-electron chi connectivity index (χ3n) is 2.28. The second kappa shape index (κ2) is 3.74. The van der Waals surface area contributed by atoms with Crippen molar-refractivity contribution < 1.29 is 10.0 Å². The van der Waals surface area contributed by atoms with Crippen LogP contribution in [0.2, 0.25) is 0 Å². The first-order chi connectivity index (χ1) is 7.63. The summed E-state index contributed by atoms with van der Waals surface area (Å²) < 4.78 is 1.36. The van der Waals surface area contributed by atoms with E-state index in [0.29, 0.717) is 10.9 Å². The van der Waals surface area contributed by atoms with Crippen LogP contribution in [0, 0.1) is 0 Å². The van der Waals surface area contributed by atoms with E-state index in [-0.39, 0.29) is 11.1 Å². The van der Waals surface area contributed by atoms with Crippen molar-refractivity contribution in [1.29, 1.82) is 0 Å². The maximum Gasteiger partial charge on any atom is 0.274 e. The average Bonchev–Trinajstić information content (AvgIpc) is 2.32. The van der Waals surface area contributed by atoms with Gasteiger partial charge in [-0.25, -0.2) is 10.5 Å². The van der Waals surface area contributed by atoms with E-state index in [1.165, 1.54) is 34.6 Å².